The van der Waals surface area contributed by atoms with Gasteiger partial charge in [-0.2, -0.15) is 0 Å². The van der Waals surface area contributed by atoms with Crippen molar-refractivity contribution in [2.45, 2.75) is 26.7 Å². The van der Waals surface area contributed by atoms with E-state index in [4.69, 9.17) is 5.73 Å². The largest absolute Gasteiger partial charge is 0.366 e. The van der Waals surface area contributed by atoms with E-state index < -0.39 is 5.91 Å². The molecule has 1 aromatic carbocycles. The second-order valence-corrected chi connectivity index (χ2v) is 3.35. The zero-order chi connectivity index (χ0) is 11.4. The number of aryl methyl sites for hydroxylation is 1. The first-order valence-electron chi connectivity index (χ1n) is 5.05. The van der Waals surface area contributed by atoms with E-state index in [-0.39, 0.29) is 0 Å². The molecule has 80 valence electrons. The van der Waals surface area contributed by atoms with Gasteiger partial charge in [0.25, 0.3) is 0 Å². The highest BCUT2D eigenvalue weighted by Gasteiger charge is 2.13. The van der Waals surface area contributed by atoms with Crippen molar-refractivity contribution in [3.63, 3.8) is 0 Å². The van der Waals surface area contributed by atoms with Gasteiger partial charge in [0.1, 0.15) is 0 Å². The third-order valence-corrected chi connectivity index (χ3v) is 2.57. The van der Waals surface area contributed by atoms with E-state index in [0.717, 1.165) is 23.8 Å². The van der Waals surface area contributed by atoms with Gasteiger partial charge in [0.15, 0.2) is 6.29 Å². The molecule has 0 saturated heterocycles. The number of nitrogens with two attached hydrogens (primary N) is 1. The van der Waals surface area contributed by atoms with Gasteiger partial charge < -0.3 is 5.73 Å². The second-order valence-electron chi connectivity index (χ2n) is 3.35. The van der Waals surface area contributed by atoms with Crippen LogP contribution >= 0.6 is 0 Å². The first-order valence-corrected chi connectivity index (χ1v) is 5.05. The van der Waals surface area contributed by atoms with Crippen molar-refractivity contribution < 1.29 is 9.59 Å². The van der Waals surface area contributed by atoms with Crippen LogP contribution in [-0.2, 0) is 12.8 Å². The van der Waals surface area contributed by atoms with Crippen LogP contribution in [0.1, 0.15) is 45.7 Å². The molecule has 0 fully saturated rings. The Kier molecular flexibility index (Phi) is 3.61. The van der Waals surface area contributed by atoms with E-state index in [2.05, 4.69) is 0 Å². The molecule has 0 aliphatic rings. The Balaban J connectivity index is 3.47. The molecule has 0 aromatic heterocycles. The number of carbonyl (C=O) groups is 2. The van der Waals surface area contributed by atoms with Gasteiger partial charge in [0, 0.05) is 11.1 Å². The van der Waals surface area contributed by atoms with Gasteiger partial charge in [-0.05, 0) is 30.0 Å². The molecule has 0 radical (unpaired) electrons. The predicted molar refractivity (Wildman–Crippen MR) is 59.1 cm³/mol. The molecule has 1 rings (SSSR count). The van der Waals surface area contributed by atoms with Crippen molar-refractivity contribution in [3.8, 4) is 0 Å². The van der Waals surface area contributed by atoms with Crippen LogP contribution in [-0.4, -0.2) is 12.2 Å². The highest BCUT2D eigenvalue weighted by atomic mass is 16.1. The summed E-state index contributed by atoms with van der Waals surface area (Å²) in [4.78, 5) is 22.1. The van der Waals surface area contributed by atoms with E-state index in [0.29, 0.717) is 17.5 Å². The standard InChI is InChI=1S/C12H15NO2/c1-3-8-5-6-10(12(13)15)9(4-2)11(8)7-14/h5-7H,3-4H2,1-2H3,(H2,13,15). The lowest BCUT2D eigenvalue weighted by Crippen LogP contribution is -2.15. The van der Waals surface area contributed by atoms with E-state index in [1.165, 1.54) is 0 Å². The van der Waals surface area contributed by atoms with Crippen molar-refractivity contribution in [2.24, 2.45) is 5.73 Å². The number of rotatable bonds is 4. The van der Waals surface area contributed by atoms with Crippen LogP contribution in [0.25, 0.3) is 0 Å². The lowest BCUT2D eigenvalue weighted by Gasteiger charge is -2.11. The van der Waals surface area contributed by atoms with Crippen LogP contribution in [0, 0.1) is 0 Å². The molecule has 0 unspecified atom stereocenters. The Labute approximate surface area is 89.3 Å². The zero-order valence-corrected chi connectivity index (χ0v) is 9.04. The molecule has 0 bridgehead atoms. The Morgan fingerprint density at radius 2 is 2.00 bits per heavy atom. The van der Waals surface area contributed by atoms with Gasteiger partial charge in [-0.15, -0.1) is 0 Å². The Morgan fingerprint density at radius 1 is 1.33 bits per heavy atom. The lowest BCUT2D eigenvalue weighted by molar-refractivity contribution is 0.0999. The van der Waals surface area contributed by atoms with E-state index in [9.17, 15) is 9.59 Å². The summed E-state index contributed by atoms with van der Waals surface area (Å²) in [5, 5.41) is 0. The van der Waals surface area contributed by atoms with Crippen molar-refractivity contribution in [2.75, 3.05) is 0 Å². The maximum Gasteiger partial charge on any atom is 0.248 e. The van der Waals surface area contributed by atoms with Crippen LogP contribution < -0.4 is 5.73 Å². The summed E-state index contributed by atoms with van der Waals surface area (Å²) < 4.78 is 0. The van der Waals surface area contributed by atoms with Gasteiger partial charge in [-0.3, -0.25) is 9.59 Å². The van der Waals surface area contributed by atoms with E-state index in [1.807, 2.05) is 13.8 Å². The van der Waals surface area contributed by atoms with Crippen molar-refractivity contribution in [3.05, 3.63) is 34.4 Å². The number of hydrogen-bond donors (Lipinski definition) is 1. The molecule has 0 atom stereocenters. The average molecular weight is 205 g/mol. The number of aldehydes is 1. The molecule has 0 saturated carbocycles. The van der Waals surface area contributed by atoms with Gasteiger partial charge >= 0.3 is 0 Å². The molecule has 1 amide bonds. The Morgan fingerprint density at radius 3 is 2.40 bits per heavy atom. The van der Waals surface area contributed by atoms with Crippen LogP contribution in [0.2, 0.25) is 0 Å². The highest BCUT2D eigenvalue weighted by Crippen LogP contribution is 2.19. The smallest absolute Gasteiger partial charge is 0.248 e. The SMILES string of the molecule is CCc1ccc(C(N)=O)c(CC)c1C=O. The molecular weight excluding hydrogens is 190 g/mol. The van der Waals surface area contributed by atoms with Gasteiger partial charge in [0.2, 0.25) is 5.91 Å². The topological polar surface area (TPSA) is 60.2 Å². The fraction of sp³-hybridized carbons (Fsp3) is 0.333. The van der Waals surface area contributed by atoms with Crippen molar-refractivity contribution >= 4 is 12.2 Å². The van der Waals surface area contributed by atoms with Crippen LogP contribution in [0.3, 0.4) is 0 Å². The molecule has 1 aromatic rings. The first kappa shape index (κ1) is 11.4. The summed E-state index contributed by atoms with van der Waals surface area (Å²) in [5.41, 5.74) is 8.05. The first-order chi connectivity index (χ1) is 7.15. The monoisotopic (exact) mass is 205 g/mol. The van der Waals surface area contributed by atoms with Crippen molar-refractivity contribution in [1.82, 2.24) is 0 Å². The summed E-state index contributed by atoms with van der Waals surface area (Å²) in [6.07, 6.45) is 2.23. The van der Waals surface area contributed by atoms with Crippen LogP contribution in [0.15, 0.2) is 12.1 Å². The minimum Gasteiger partial charge on any atom is -0.366 e. The Bertz CT molecular complexity index is 397. The molecule has 15 heavy (non-hydrogen) atoms. The van der Waals surface area contributed by atoms with E-state index in [1.54, 1.807) is 12.1 Å². The summed E-state index contributed by atoms with van der Waals surface area (Å²) in [7, 11) is 0. The molecule has 3 heteroatoms. The fourth-order valence-corrected chi connectivity index (χ4v) is 1.78. The third-order valence-electron chi connectivity index (χ3n) is 2.57. The molecule has 2 N–H and O–H groups in total. The molecular formula is C12H15NO2. The molecule has 0 aliphatic heterocycles. The maximum absolute atomic E-state index is 11.2. The number of hydrogen-bond acceptors (Lipinski definition) is 2. The quantitative estimate of drug-likeness (QED) is 0.761. The third kappa shape index (κ3) is 2.06. The average Bonchev–Trinajstić information content (AvgIpc) is 2.26. The van der Waals surface area contributed by atoms with Gasteiger partial charge in [-0.25, -0.2) is 0 Å². The lowest BCUT2D eigenvalue weighted by atomic mass is 9.93. The minimum atomic E-state index is -0.474. The minimum absolute atomic E-state index is 0.455. The maximum atomic E-state index is 11.2. The van der Waals surface area contributed by atoms with Gasteiger partial charge in [-0.1, -0.05) is 19.9 Å². The fourth-order valence-electron chi connectivity index (χ4n) is 1.78. The summed E-state index contributed by atoms with van der Waals surface area (Å²) in [6.45, 7) is 3.89. The molecule has 0 heterocycles. The van der Waals surface area contributed by atoms with Crippen LogP contribution in [0.4, 0.5) is 0 Å². The molecule has 3 nitrogen and oxygen atoms in total. The van der Waals surface area contributed by atoms with Crippen LogP contribution in [0.5, 0.6) is 0 Å². The summed E-state index contributed by atoms with van der Waals surface area (Å²) >= 11 is 0. The Hall–Kier alpha value is -1.64. The number of benzene rings is 1. The summed E-state index contributed by atoms with van der Waals surface area (Å²) in [6, 6.07) is 3.50. The number of primary amides is 1. The van der Waals surface area contributed by atoms with Gasteiger partial charge in [0.05, 0.1) is 0 Å². The molecule has 0 spiro atoms. The van der Waals surface area contributed by atoms with E-state index >= 15 is 0 Å². The normalized spacial score (nSPS) is 10.0. The summed E-state index contributed by atoms with van der Waals surface area (Å²) in [5.74, 6) is -0.474. The zero-order valence-electron chi connectivity index (χ0n) is 9.04. The van der Waals surface area contributed by atoms with Crippen molar-refractivity contribution in [1.29, 1.82) is 0 Å². The predicted octanol–water partition coefficient (Wildman–Crippen LogP) is 1.72. The number of carbonyl (C=O) groups excluding carboxylic acids is 2. The number of amides is 1. The highest BCUT2D eigenvalue weighted by molar-refractivity contribution is 5.97. The second kappa shape index (κ2) is 4.73. The molecule has 0 aliphatic carbocycles.